The summed E-state index contributed by atoms with van der Waals surface area (Å²) in [7, 11) is 1.28. The van der Waals surface area contributed by atoms with Crippen molar-refractivity contribution in [3.05, 3.63) is 0 Å². The van der Waals surface area contributed by atoms with Crippen LogP contribution in [0.4, 0.5) is 4.79 Å². The van der Waals surface area contributed by atoms with E-state index in [0.29, 0.717) is 13.0 Å². The highest BCUT2D eigenvalue weighted by Crippen LogP contribution is 2.21. The fourth-order valence-electron chi connectivity index (χ4n) is 2.45. The molecule has 1 N–H and O–H groups in total. The first-order valence-electron chi connectivity index (χ1n) is 7.94. The lowest BCUT2D eigenvalue weighted by Crippen LogP contribution is -2.53. The summed E-state index contributed by atoms with van der Waals surface area (Å²) in [5.41, 5.74) is -0.618. The molecule has 23 heavy (non-hydrogen) atoms. The lowest BCUT2D eigenvalue weighted by molar-refractivity contribution is -0.146. The molecule has 0 radical (unpaired) electrons. The van der Waals surface area contributed by atoms with Crippen molar-refractivity contribution in [1.29, 1.82) is 0 Å². The zero-order valence-electron chi connectivity index (χ0n) is 14.8. The van der Waals surface area contributed by atoms with Crippen LogP contribution in [0.2, 0.25) is 0 Å². The van der Waals surface area contributed by atoms with Crippen LogP contribution >= 0.6 is 0 Å². The maximum absolute atomic E-state index is 12.5. The third-order valence-electron chi connectivity index (χ3n) is 3.60. The number of hydrogen-bond acceptors (Lipinski definition) is 5. The van der Waals surface area contributed by atoms with Crippen molar-refractivity contribution in [1.82, 2.24) is 10.2 Å². The molecule has 1 saturated heterocycles. The summed E-state index contributed by atoms with van der Waals surface area (Å²) in [6, 6.07) is -1.34. The van der Waals surface area contributed by atoms with Gasteiger partial charge in [-0.05, 0) is 39.5 Å². The van der Waals surface area contributed by atoms with Crippen LogP contribution in [0.5, 0.6) is 0 Å². The number of likely N-dealkylation sites (tertiary alicyclic amines) is 1. The number of nitrogens with zero attached hydrogens (tertiary/aromatic N) is 1. The Morgan fingerprint density at radius 3 is 2.30 bits per heavy atom. The molecular formula is C16H28N2O5. The number of hydrogen-bond donors (Lipinski definition) is 1. The number of rotatable bonds is 4. The zero-order valence-corrected chi connectivity index (χ0v) is 14.8. The molecule has 0 aromatic heterocycles. The third kappa shape index (κ3) is 5.41. The minimum Gasteiger partial charge on any atom is -0.467 e. The Morgan fingerprint density at radius 1 is 1.22 bits per heavy atom. The molecule has 0 spiro atoms. The van der Waals surface area contributed by atoms with Gasteiger partial charge in [-0.25, -0.2) is 9.59 Å². The summed E-state index contributed by atoms with van der Waals surface area (Å²) in [6.45, 7) is 9.45. The van der Waals surface area contributed by atoms with Crippen molar-refractivity contribution < 1.29 is 23.9 Å². The second-order valence-electron chi connectivity index (χ2n) is 7.09. The summed E-state index contributed by atoms with van der Waals surface area (Å²) in [5, 5.41) is 2.69. The largest absolute Gasteiger partial charge is 0.467 e. The molecule has 0 aromatic rings. The lowest BCUT2D eigenvalue weighted by atomic mass is 10.0. The average molecular weight is 328 g/mol. The minimum atomic E-state index is -0.728. The topological polar surface area (TPSA) is 84.9 Å². The number of ether oxygens (including phenoxy) is 2. The van der Waals surface area contributed by atoms with Crippen molar-refractivity contribution in [2.45, 2.75) is 65.1 Å². The van der Waals surface area contributed by atoms with Crippen molar-refractivity contribution in [3.63, 3.8) is 0 Å². The van der Waals surface area contributed by atoms with E-state index in [0.717, 1.165) is 6.42 Å². The van der Waals surface area contributed by atoms with Gasteiger partial charge in [-0.3, -0.25) is 9.69 Å². The molecule has 7 heteroatoms. The number of carbonyl (C=O) groups is 3. The van der Waals surface area contributed by atoms with Crippen LogP contribution in [0, 0.1) is 5.92 Å². The van der Waals surface area contributed by atoms with Gasteiger partial charge in [0.05, 0.1) is 7.11 Å². The number of esters is 1. The molecule has 0 aliphatic carbocycles. The Balaban J connectivity index is 2.77. The van der Waals surface area contributed by atoms with Crippen molar-refractivity contribution in [2.75, 3.05) is 13.7 Å². The van der Waals surface area contributed by atoms with E-state index in [2.05, 4.69) is 5.32 Å². The standard InChI is InChI=1S/C16H28N2O5/c1-10(2)12(14(20)22-6)17-13(19)11-8-7-9-18(11)15(21)23-16(3,4)5/h10-12H,7-9H2,1-6H3,(H,17,19)/t11?,12-/m1/s1. The summed E-state index contributed by atoms with van der Waals surface area (Å²) in [4.78, 5) is 37.9. The first-order valence-corrected chi connectivity index (χ1v) is 7.94. The highest BCUT2D eigenvalue weighted by atomic mass is 16.6. The van der Waals surface area contributed by atoms with Gasteiger partial charge in [-0.1, -0.05) is 13.8 Å². The number of nitrogens with one attached hydrogen (secondary N) is 1. The van der Waals surface area contributed by atoms with Crippen LogP contribution in [-0.2, 0) is 19.1 Å². The van der Waals surface area contributed by atoms with Gasteiger partial charge in [0.15, 0.2) is 0 Å². The number of carbonyl (C=O) groups excluding carboxylic acids is 3. The van der Waals surface area contributed by atoms with Gasteiger partial charge in [-0.2, -0.15) is 0 Å². The minimum absolute atomic E-state index is 0.109. The van der Waals surface area contributed by atoms with Gasteiger partial charge in [0.2, 0.25) is 5.91 Å². The number of amides is 2. The summed E-state index contributed by atoms with van der Waals surface area (Å²) < 4.78 is 10.1. The van der Waals surface area contributed by atoms with Crippen LogP contribution in [0.25, 0.3) is 0 Å². The fraction of sp³-hybridized carbons (Fsp3) is 0.812. The third-order valence-corrected chi connectivity index (χ3v) is 3.60. The zero-order chi connectivity index (χ0) is 17.8. The first kappa shape index (κ1) is 19.3. The van der Waals surface area contributed by atoms with Gasteiger partial charge in [0, 0.05) is 6.54 Å². The monoisotopic (exact) mass is 328 g/mol. The van der Waals surface area contributed by atoms with Crippen LogP contribution in [-0.4, -0.2) is 54.2 Å². The quantitative estimate of drug-likeness (QED) is 0.794. The molecule has 0 aromatic carbocycles. The Hall–Kier alpha value is -1.79. The molecular weight excluding hydrogens is 300 g/mol. The van der Waals surface area contributed by atoms with Crippen LogP contribution in [0.15, 0.2) is 0 Å². The molecule has 0 saturated carbocycles. The summed E-state index contributed by atoms with van der Waals surface area (Å²) in [6.07, 6.45) is 0.771. The van der Waals surface area contributed by atoms with Crippen LogP contribution in [0.3, 0.4) is 0 Å². The van der Waals surface area contributed by atoms with E-state index in [1.165, 1.54) is 12.0 Å². The molecule has 1 aliphatic heterocycles. The molecule has 1 heterocycles. The second kappa shape index (κ2) is 7.66. The molecule has 1 fully saturated rings. The van der Waals surface area contributed by atoms with E-state index in [4.69, 9.17) is 9.47 Å². The fourth-order valence-corrected chi connectivity index (χ4v) is 2.45. The van der Waals surface area contributed by atoms with Gasteiger partial charge >= 0.3 is 12.1 Å². The Morgan fingerprint density at radius 2 is 1.83 bits per heavy atom. The molecule has 132 valence electrons. The Kier molecular flexibility index (Phi) is 6.41. The Bertz CT molecular complexity index is 456. The normalized spacial score (nSPS) is 19.4. The molecule has 1 aliphatic rings. The molecule has 7 nitrogen and oxygen atoms in total. The maximum Gasteiger partial charge on any atom is 0.410 e. The van der Waals surface area contributed by atoms with Crippen molar-refractivity contribution in [3.8, 4) is 0 Å². The van der Waals surface area contributed by atoms with Crippen LogP contribution < -0.4 is 5.32 Å². The first-order chi connectivity index (χ1) is 10.6. The molecule has 1 rings (SSSR count). The predicted molar refractivity (Wildman–Crippen MR) is 84.7 cm³/mol. The van der Waals surface area contributed by atoms with E-state index < -0.39 is 29.7 Å². The number of methoxy groups -OCH3 is 1. The van der Waals surface area contributed by atoms with Crippen molar-refractivity contribution >= 4 is 18.0 Å². The molecule has 0 bridgehead atoms. The summed E-state index contributed by atoms with van der Waals surface area (Å²) >= 11 is 0. The van der Waals surface area contributed by atoms with E-state index >= 15 is 0 Å². The highest BCUT2D eigenvalue weighted by Gasteiger charge is 2.38. The highest BCUT2D eigenvalue weighted by molar-refractivity contribution is 5.90. The van der Waals surface area contributed by atoms with Gasteiger partial charge in [-0.15, -0.1) is 0 Å². The van der Waals surface area contributed by atoms with Gasteiger partial charge < -0.3 is 14.8 Å². The average Bonchev–Trinajstić information content (AvgIpc) is 2.91. The summed E-state index contributed by atoms with van der Waals surface area (Å²) in [5.74, 6) is -0.949. The van der Waals surface area contributed by atoms with E-state index in [1.54, 1.807) is 20.8 Å². The smallest absolute Gasteiger partial charge is 0.410 e. The predicted octanol–water partition coefficient (Wildman–Crippen LogP) is 1.70. The molecule has 2 atom stereocenters. The van der Waals surface area contributed by atoms with E-state index in [-0.39, 0.29) is 11.8 Å². The molecule has 1 unspecified atom stereocenters. The van der Waals surface area contributed by atoms with Gasteiger partial charge in [0.25, 0.3) is 0 Å². The second-order valence-corrected chi connectivity index (χ2v) is 7.09. The van der Waals surface area contributed by atoms with Gasteiger partial charge in [0.1, 0.15) is 17.7 Å². The lowest BCUT2D eigenvalue weighted by Gasteiger charge is -2.29. The SMILES string of the molecule is COC(=O)[C@H](NC(=O)C1CCCN1C(=O)OC(C)(C)C)C(C)C. The van der Waals surface area contributed by atoms with Crippen molar-refractivity contribution in [2.24, 2.45) is 5.92 Å². The van der Waals surface area contributed by atoms with E-state index in [9.17, 15) is 14.4 Å². The van der Waals surface area contributed by atoms with Crippen LogP contribution in [0.1, 0.15) is 47.5 Å². The van der Waals surface area contributed by atoms with E-state index in [1.807, 2.05) is 13.8 Å². The Labute approximate surface area is 137 Å². The maximum atomic E-state index is 12.5. The molecule has 2 amide bonds.